The maximum absolute atomic E-state index is 6.67. The Kier molecular flexibility index (Phi) is 14.0. The zero-order chi connectivity index (χ0) is 44.0. The molecule has 0 spiro atoms. The molecule has 0 aromatic heterocycles. The van der Waals surface area contributed by atoms with E-state index in [-0.39, 0.29) is 6.10 Å². The van der Waals surface area contributed by atoms with Crippen LogP contribution in [0.5, 0.6) is 5.75 Å². The fourth-order valence-corrected chi connectivity index (χ4v) is 12.4. The highest BCUT2D eigenvalue weighted by molar-refractivity contribution is 5.93. The van der Waals surface area contributed by atoms with E-state index in [0.717, 1.165) is 30.7 Å². The molecular formula is C59H71N3O2. The Morgan fingerprint density at radius 2 is 1.33 bits per heavy atom. The van der Waals surface area contributed by atoms with Gasteiger partial charge in [-0.15, -0.1) is 0 Å². The van der Waals surface area contributed by atoms with Crippen LogP contribution in [0.15, 0.2) is 133 Å². The molecule has 3 heterocycles. The maximum Gasteiger partial charge on any atom is 0.119 e. The van der Waals surface area contributed by atoms with Crippen molar-refractivity contribution >= 4 is 17.7 Å². The minimum atomic E-state index is 0.0465. The minimum absolute atomic E-state index is 0.0465. The number of piperidine rings is 2. The summed E-state index contributed by atoms with van der Waals surface area (Å²) in [7, 11) is 10.6. The van der Waals surface area contributed by atoms with Crippen molar-refractivity contribution in [2.75, 3.05) is 48.4 Å². The van der Waals surface area contributed by atoms with Crippen molar-refractivity contribution in [1.29, 1.82) is 0 Å². The molecular weight excluding hydrogens is 783 g/mol. The van der Waals surface area contributed by atoms with Gasteiger partial charge in [0.1, 0.15) is 11.9 Å². The largest absolute Gasteiger partial charge is 0.497 e. The minimum Gasteiger partial charge on any atom is -0.497 e. The highest BCUT2D eigenvalue weighted by Gasteiger charge is 2.53. The quantitative estimate of drug-likeness (QED) is 0.152. The van der Waals surface area contributed by atoms with Gasteiger partial charge in [-0.2, -0.15) is 0 Å². The smallest absolute Gasteiger partial charge is 0.119 e. The van der Waals surface area contributed by atoms with Crippen LogP contribution in [0.4, 0.5) is 0 Å². The van der Waals surface area contributed by atoms with E-state index >= 15 is 0 Å². The van der Waals surface area contributed by atoms with Crippen LogP contribution in [0.1, 0.15) is 115 Å². The predicted molar refractivity (Wildman–Crippen MR) is 267 cm³/mol. The van der Waals surface area contributed by atoms with Gasteiger partial charge in [-0.05, 0) is 161 Å². The van der Waals surface area contributed by atoms with Crippen molar-refractivity contribution in [3.8, 4) is 5.75 Å². The second-order valence-electron chi connectivity index (χ2n) is 19.7. The Labute approximate surface area is 384 Å². The molecule has 3 aliphatic heterocycles. The lowest BCUT2D eigenvalue weighted by Crippen LogP contribution is -2.59. The summed E-state index contributed by atoms with van der Waals surface area (Å²) >= 11 is 0. The van der Waals surface area contributed by atoms with Gasteiger partial charge in [-0.3, -0.25) is 0 Å². The number of rotatable bonds is 8. The molecule has 0 amide bonds. The normalized spacial score (nSPS) is 25.4. The van der Waals surface area contributed by atoms with Gasteiger partial charge in [0.25, 0.3) is 0 Å². The lowest BCUT2D eigenvalue weighted by Gasteiger charge is -2.58. The molecule has 5 heteroatoms. The molecule has 6 aliphatic rings. The van der Waals surface area contributed by atoms with E-state index in [1.165, 1.54) is 110 Å². The molecule has 64 heavy (non-hydrogen) atoms. The van der Waals surface area contributed by atoms with E-state index in [0.29, 0.717) is 23.6 Å². The van der Waals surface area contributed by atoms with Crippen LogP contribution in [0, 0.1) is 5.92 Å². The molecule has 0 radical (unpaired) electrons. The van der Waals surface area contributed by atoms with Gasteiger partial charge in [-0.25, -0.2) is 0 Å². The average Bonchev–Trinajstić information content (AvgIpc) is 3.46. The molecule has 4 bridgehead atoms. The zero-order valence-electron chi connectivity index (χ0n) is 39.2. The van der Waals surface area contributed by atoms with Crippen molar-refractivity contribution in [1.82, 2.24) is 14.7 Å². The number of likely N-dealkylation sites (N-methyl/N-ethyl adjacent to an activating group) is 1. The summed E-state index contributed by atoms with van der Waals surface area (Å²) in [5.74, 6) is 1.91. The van der Waals surface area contributed by atoms with Crippen LogP contribution in [0.25, 0.3) is 17.7 Å². The summed E-state index contributed by atoms with van der Waals surface area (Å²) in [4.78, 5) is 7.42. The van der Waals surface area contributed by atoms with Crippen LogP contribution >= 0.6 is 0 Å². The van der Waals surface area contributed by atoms with E-state index in [9.17, 15) is 0 Å². The van der Waals surface area contributed by atoms with E-state index < -0.39 is 0 Å². The van der Waals surface area contributed by atoms with Crippen LogP contribution in [0.3, 0.4) is 0 Å². The summed E-state index contributed by atoms with van der Waals surface area (Å²) in [6, 6.07) is 47.6. The summed E-state index contributed by atoms with van der Waals surface area (Å²) in [5.41, 5.74) is 12.8. The molecule has 3 saturated heterocycles. The van der Waals surface area contributed by atoms with Gasteiger partial charge in [-0.1, -0.05) is 146 Å². The first-order valence-corrected chi connectivity index (χ1v) is 24.4. The van der Waals surface area contributed by atoms with Crippen molar-refractivity contribution in [3.05, 3.63) is 178 Å². The maximum atomic E-state index is 6.67. The van der Waals surface area contributed by atoms with Gasteiger partial charge in [0.2, 0.25) is 0 Å². The number of fused-ring (bicyclic) bond motifs is 5. The van der Waals surface area contributed by atoms with E-state index in [2.05, 4.69) is 189 Å². The molecule has 5 aromatic carbocycles. The second kappa shape index (κ2) is 20.2. The Balaban J connectivity index is 0.000000122. The van der Waals surface area contributed by atoms with E-state index in [1.807, 2.05) is 0 Å². The summed E-state index contributed by atoms with van der Waals surface area (Å²) in [6.45, 7) is 2.33. The Hall–Kier alpha value is -4.78. The highest BCUT2D eigenvalue weighted by Crippen LogP contribution is 2.56. The first-order chi connectivity index (χ1) is 31.3. The van der Waals surface area contributed by atoms with Gasteiger partial charge in [0.15, 0.2) is 0 Å². The fourth-order valence-electron chi connectivity index (χ4n) is 12.4. The molecule has 5 aromatic rings. The van der Waals surface area contributed by atoms with Crippen molar-refractivity contribution in [2.45, 2.75) is 106 Å². The number of likely N-dealkylation sites (tertiary alicyclic amines) is 1. The van der Waals surface area contributed by atoms with Gasteiger partial charge < -0.3 is 24.2 Å². The number of ether oxygens (including phenoxy) is 2. The van der Waals surface area contributed by atoms with Gasteiger partial charge >= 0.3 is 0 Å². The van der Waals surface area contributed by atoms with Crippen LogP contribution in [-0.4, -0.2) is 87.3 Å². The van der Waals surface area contributed by atoms with Crippen molar-refractivity contribution in [2.24, 2.45) is 5.92 Å². The number of methoxy groups -OCH3 is 1. The van der Waals surface area contributed by atoms with Crippen molar-refractivity contribution in [3.63, 3.8) is 0 Å². The van der Waals surface area contributed by atoms with Crippen LogP contribution in [-0.2, 0) is 16.6 Å². The monoisotopic (exact) mass is 854 g/mol. The van der Waals surface area contributed by atoms with Gasteiger partial charge in [0.05, 0.1) is 13.2 Å². The van der Waals surface area contributed by atoms with Gasteiger partial charge in [0, 0.05) is 30.1 Å². The van der Waals surface area contributed by atoms with Crippen LogP contribution < -0.4 is 4.74 Å². The Bertz CT molecular complexity index is 2270. The first-order valence-electron chi connectivity index (χ1n) is 24.4. The number of nitrogens with zero attached hydrogens (tertiary/aromatic N) is 3. The predicted octanol–water partition coefficient (Wildman–Crippen LogP) is 12.4. The third-order valence-corrected chi connectivity index (χ3v) is 15.8. The molecule has 6 atom stereocenters. The standard InChI is InChI=1S/C21H25NO.C20H21N.C18H25NO/c1-22-18-12-13-19(22)15-20(14-18)23-21(16-8-4-2-5-9-16)17-10-6-3-7-11-17;1-21(2)15-7-12-20-18-10-5-3-8-16(18)13-14-17-9-4-6-11-19(17)20;1-19-10-9-18-8-4-3-5-15(18)17(19)11-13-6-7-14(20-2)12-16(13)18/h2-11,18-21H,12-15H2,1H3;3-6,8-14H,7,15H2,1-2H3;6-7,12,15,17H,3-5,8-11H2,1-2H3/t18-,19+,20+;;15-,17+,18+/m..1/s1. The lowest BCUT2D eigenvalue weighted by molar-refractivity contribution is -0.0426. The average molecular weight is 854 g/mol. The topological polar surface area (TPSA) is 28.2 Å². The fraction of sp³-hybridized carbons (Fsp3) is 0.424. The molecule has 0 unspecified atom stereocenters. The third kappa shape index (κ3) is 9.47. The zero-order valence-corrected chi connectivity index (χ0v) is 39.2. The Morgan fingerprint density at radius 1 is 0.719 bits per heavy atom. The molecule has 0 N–H and O–H groups in total. The molecule has 1 saturated carbocycles. The SMILES string of the molecule is CN(C)CCC=C1c2ccccc2C=Cc2ccccc21.CN1[C@@H]2CC[C@H]1C[C@@H](OC(c1ccccc1)c1ccccc1)C2.COc1ccc2c(c1)[C@]13CCCC[C@@H]1[C@H](C2)N(C)CC3. The molecule has 5 nitrogen and oxygen atoms in total. The Morgan fingerprint density at radius 3 is 1.94 bits per heavy atom. The highest BCUT2D eigenvalue weighted by atomic mass is 16.5. The molecule has 11 rings (SSSR count). The summed E-state index contributed by atoms with van der Waals surface area (Å²) in [6.07, 6.45) is 21.5. The molecule has 4 fully saturated rings. The second-order valence-corrected chi connectivity index (χ2v) is 19.7. The number of hydrogen-bond acceptors (Lipinski definition) is 5. The lowest BCUT2D eigenvalue weighted by atomic mass is 9.52. The first kappa shape index (κ1) is 44.4. The van der Waals surface area contributed by atoms with Crippen molar-refractivity contribution < 1.29 is 9.47 Å². The van der Waals surface area contributed by atoms with E-state index in [1.54, 1.807) is 18.2 Å². The third-order valence-electron chi connectivity index (χ3n) is 15.8. The van der Waals surface area contributed by atoms with E-state index in [4.69, 9.17) is 9.47 Å². The number of benzene rings is 5. The number of hydrogen-bond donors (Lipinski definition) is 0. The van der Waals surface area contributed by atoms with Crippen LogP contribution in [0.2, 0.25) is 0 Å². The molecule has 334 valence electrons. The summed E-state index contributed by atoms with van der Waals surface area (Å²) in [5, 5.41) is 0. The summed E-state index contributed by atoms with van der Waals surface area (Å²) < 4.78 is 12.2. The molecule has 3 aliphatic carbocycles.